The van der Waals surface area contributed by atoms with Crippen LogP contribution in [0.15, 0.2) is 90.9 Å². The first-order valence-corrected chi connectivity index (χ1v) is 10.5. The van der Waals surface area contributed by atoms with Gasteiger partial charge in [0, 0.05) is 44.8 Å². The van der Waals surface area contributed by atoms with Crippen molar-refractivity contribution in [1.29, 1.82) is 5.26 Å². The van der Waals surface area contributed by atoms with Gasteiger partial charge in [-0.3, -0.25) is 9.69 Å². The summed E-state index contributed by atoms with van der Waals surface area (Å²) in [7, 11) is 0. The molecule has 1 aromatic heterocycles. The van der Waals surface area contributed by atoms with E-state index in [0.717, 1.165) is 0 Å². The zero-order chi connectivity index (χ0) is 22.2. The zero-order valence-corrected chi connectivity index (χ0v) is 17.6. The Kier molecular flexibility index (Phi) is 6.85. The van der Waals surface area contributed by atoms with Gasteiger partial charge in [-0.2, -0.15) is 5.26 Å². The Balaban J connectivity index is 1.45. The van der Waals surface area contributed by atoms with E-state index in [1.54, 1.807) is 23.4 Å². The Bertz CT molecular complexity index is 1050. The number of benzene rings is 2. The molecule has 32 heavy (non-hydrogen) atoms. The Labute approximate surface area is 187 Å². The van der Waals surface area contributed by atoms with Crippen molar-refractivity contribution in [2.24, 2.45) is 0 Å². The van der Waals surface area contributed by atoms with Crippen molar-refractivity contribution in [3.63, 3.8) is 0 Å². The second-order valence-electron chi connectivity index (χ2n) is 7.44. The van der Waals surface area contributed by atoms with Gasteiger partial charge in [0.15, 0.2) is 0 Å². The number of hydrogen-bond acceptors (Lipinski definition) is 6. The minimum absolute atomic E-state index is 0.0357. The van der Waals surface area contributed by atoms with Gasteiger partial charge in [0.25, 0.3) is 5.91 Å². The third-order valence-electron chi connectivity index (χ3n) is 5.46. The molecule has 1 saturated heterocycles. The molecule has 4 rings (SSSR count). The lowest BCUT2D eigenvalue weighted by Crippen LogP contribution is -2.50. The minimum Gasteiger partial charge on any atom is -0.335 e. The van der Waals surface area contributed by atoms with Crippen LogP contribution < -0.4 is 5.32 Å². The van der Waals surface area contributed by atoms with Crippen LogP contribution in [0, 0.1) is 11.3 Å². The molecule has 0 aliphatic carbocycles. The largest absolute Gasteiger partial charge is 0.335 e. The van der Waals surface area contributed by atoms with Gasteiger partial charge < -0.3 is 10.2 Å². The monoisotopic (exact) mass is 424 g/mol. The summed E-state index contributed by atoms with van der Waals surface area (Å²) in [6.45, 7) is 2.54. The van der Waals surface area contributed by atoms with Gasteiger partial charge in [-0.25, -0.2) is 9.97 Å². The molecule has 2 heterocycles. The average Bonchev–Trinajstić information content (AvgIpc) is 2.87. The molecule has 0 spiro atoms. The number of nitrogens with one attached hydrogen (secondary N) is 1. The Morgan fingerprint density at radius 3 is 2.00 bits per heavy atom. The van der Waals surface area contributed by atoms with Gasteiger partial charge in [0.2, 0.25) is 5.95 Å². The molecule has 160 valence electrons. The summed E-state index contributed by atoms with van der Waals surface area (Å²) in [6.07, 6.45) is 4.55. The van der Waals surface area contributed by atoms with E-state index in [2.05, 4.69) is 68.7 Å². The number of aromatic nitrogens is 2. The molecule has 0 unspecified atom stereocenters. The van der Waals surface area contributed by atoms with Crippen molar-refractivity contribution < 1.29 is 4.79 Å². The highest BCUT2D eigenvalue weighted by Gasteiger charge is 2.29. The summed E-state index contributed by atoms with van der Waals surface area (Å²) in [5.74, 6) is 0.0537. The van der Waals surface area contributed by atoms with Gasteiger partial charge in [0.1, 0.15) is 11.6 Å². The number of amides is 1. The molecule has 1 N–H and O–H groups in total. The number of rotatable bonds is 6. The molecule has 0 atom stereocenters. The number of nitriles is 1. The fourth-order valence-electron chi connectivity index (χ4n) is 3.89. The Morgan fingerprint density at radius 2 is 1.47 bits per heavy atom. The number of piperazine rings is 1. The van der Waals surface area contributed by atoms with Crippen LogP contribution in [0.25, 0.3) is 0 Å². The molecular formula is C25H24N6O. The molecule has 2 aromatic carbocycles. The lowest BCUT2D eigenvalue weighted by Gasteiger charge is -2.39. The number of hydrogen-bond donors (Lipinski definition) is 1. The average molecular weight is 425 g/mol. The zero-order valence-electron chi connectivity index (χ0n) is 17.6. The van der Waals surface area contributed by atoms with Crippen LogP contribution in [0.4, 0.5) is 5.95 Å². The highest BCUT2D eigenvalue weighted by Crippen LogP contribution is 2.29. The number of nitrogens with zero attached hydrogens (tertiary/aromatic N) is 5. The molecule has 1 aliphatic heterocycles. The van der Waals surface area contributed by atoms with E-state index < -0.39 is 0 Å². The predicted octanol–water partition coefficient (Wildman–Crippen LogP) is 3.23. The molecule has 1 amide bonds. The van der Waals surface area contributed by atoms with Gasteiger partial charge in [-0.1, -0.05) is 60.7 Å². The van der Waals surface area contributed by atoms with Crippen LogP contribution in [0.1, 0.15) is 17.2 Å². The van der Waals surface area contributed by atoms with Crippen molar-refractivity contribution in [2.45, 2.75) is 6.04 Å². The van der Waals surface area contributed by atoms with E-state index in [4.69, 9.17) is 0 Å². The number of anilines is 1. The molecule has 0 saturated carbocycles. The van der Waals surface area contributed by atoms with Crippen molar-refractivity contribution in [1.82, 2.24) is 19.8 Å². The maximum Gasteiger partial charge on any atom is 0.266 e. The van der Waals surface area contributed by atoms with Gasteiger partial charge in [-0.05, 0) is 17.2 Å². The van der Waals surface area contributed by atoms with E-state index >= 15 is 0 Å². The minimum atomic E-state index is -0.286. The van der Waals surface area contributed by atoms with Gasteiger partial charge >= 0.3 is 0 Å². The van der Waals surface area contributed by atoms with E-state index in [1.165, 1.54) is 17.3 Å². The molecule has 7 nitrogen and oxygen atoms in total. The van der Waals surface area contributed by atoms with E-state index in [1.807, 2.05) is 18.2 Å². The normalized spacial score (nSPS) is 14.8. The Morgan fingerprint density at radius 1 is 0.906 bits per heavy atom. The third-order valence-corrected chi connectivity index (χ3v) is 5.46. The highest BCUT2D eigenvalue weighted by molar-refractivity contribution is 5.97. The van der Waals surface area contributed by atoms with Crippen LogP contribution in [0.2, 0.25) is 0 Å². The van der Waals surface area contributed by atoms with Crippen LogP contribution in [-0.4, -0.2) is 51.9 Å². The first-order valence-electron chi connectivity index (χ1n) is 10.5. The second kappa shape index (κ2) is 10.3. The maximum atomic E-state index is 12.9. The summed E-state index contributed by atoms with van der Waals surface area (Å²) in [6, 6.07) is 24.6. The third kappa shape index (κ3) is 4.99. The van der Waals surface area contributed by atoms with Gasteiger partial charge in [0.05, 0.1) is 6.04 Å². The summed E-state index contributed by atoms with van der Waals surface area (Å²) in [5.41, 5.74) is 2.49. The summed E-state index contributed by atoms with van der Waals surface area (Å²) >= 11 is 0. The molecule has 7 heteroatoms. The quantitative estimate of drug-likeness (QED) is 0.483. The van der Waals surface area contributed by atoms with Crippen molar-refractivity contribution in [3.05, 3.63) is 102 Å². The maximum absolute atomic E-state index is 12.9. The SMILES string of the molecule is N#C/C(=C/Nc1ncccn1)C(=O)N1CCN(C(c2ccccc2)c2ccccc2)CC1. The summed E-state index contributed by atoms with van der Waals surface area (Å²) in [5, 5.41) is 12.3. The van der Waals surface area contributed by atoms with Crippen LogP contribution >= 0.6 is 0 Å². The topological polar surface area (TPSA) is 85.1 Å². The van der Waals surface area contributed by atoms with E-state index in [9.17, 15) is 10.1 Å². The van der Waals surface area contributed by atoms with Crippen LogP contribution in [0.5, 0.6) is 0 Å². The first kappa shape index (κ1) is 21.2. The predicted molar refractivity (Wildman–Crippen MR) is 122 cm³/mol. The molecular weight excluding hydrogens is 400 g/mol. The fourth-order valence-corrected chi connectivity index (χ4v) is 3.89. The molecule has 0 bridgehead atoms. The smallest absolute Gasteiger partial charge is 0.266 e. The second-order valence-corrected chi connectivity index (χ2v) is 7.44. The van der Waals surface area contributed by atoms with Crippen molar-refractivity contribution in [3.8, 4) is 6.07 Å². The molecule has 1 aliphatic rings. The van der Waals surface area contributed by atoms with Gasteiger partial charge in [-0.15, -0.1) is 0 Å². The number of carbonyl (C=O) groups excluding carboxylic acids is 1. The van der Waals surface area contributed by atoms with Crippen LogP contribution in [-0.2, 0) is 4.79 Å². The Hall–Kier alpha value is -4.02. The fraction of sp³-hybridized carbons (Fsp3) is 0.200. The molecule has 3 aromatic rings. The first-order chi connectivity index (χ1) is 15.8. The highest BCUT2D eigenvalue weighted by atomic mass is 16.2. The summed E-state index contributed by atoms with van der Waals surface area (Å²) in [4.78, 5) is 25.1. The van der Waals surface area contributed by atoms with Crippen molar-refractivity contribution in [2.75, 3.05) is 31.5 Å². The molecule has 0 radical (unpaired) electrons. The standard InChI is InChI=1S/C25H24N6O/c26-18-22(19-29-25-27-12-7-13-28-25)24(32)31-16-14-30(15-17-31)23(20-8-3-1-4-9-20)21-10-5-2-6-11-21/h1-13,19,23H,14-17H2,(H,27,28,29)/b22-19-. The lowest BCUT2D eigenvalue weighted by atomic mass is 9.96. The van der Waals surface area contributed by atoms with Crippen molar-refractivity contribution >= 4 is 11.9 Å². The van der Waals surface area contributed by atoms with E-state index in [-0.39, 0.29) is 17.5 Å². The lowest BCUT2D eigenvalue weighted by molar-refractivity contribution is -0.128. The summed E-state index contributed by atoms with van der Waals surface area (Å²) < 4.78 is 0. The van der Waals surface area contributed by atoms with E-state index in [0.29, 0.717) is 32.1 Å². The van der Waals surface area contributed by atoms with Crippen LogP contribution in [0.3, 0.4) is 0 Å². The molecule has 1 fully saturated rings. The number of carbonyl (C=O) groups is 1.